The summed E-state index contributed by atoms with van der Waals surface area (Å²) in [6.07, 6.45) is 1.07. The first-order valence-electron chi connectivity index (χ1n) is 8.60. The third-order valence-corrected chi connectivity index (χ3v) is 6.37. The van der Waals surface area contributed by atoms with E-state index in [-0.39, 0.29) is 18.9 Å². The number of aromatic nitrogens is 3. The van der Waals surface area contributed by atoms with Crippen LogP contribution in [-0.2, 0) is 21.5 Å². The maximum absolute atomic E-state index is 14.8. The highest BCUT2D eigenvalue weighted by molar-refractivity contribution is 5.84. The van der Waals surface area contributed by atoms with E-state index in [9.17, 15) is 18.4 Å². The highest BCUT2D eigenvalue weighted by atomic mass is 19.3. The molecule has 4 aliphatic rings. The molecular formula is C18H17F2N3O3. The number of benzene rings is 1. The number of aryl methyl sites for hydroxylation is 1. The number of esters is 1. The van der Waals surface area contributed by atoms with Crippen LogP contribution in [0.15, 0.2) is 35.1 Å². The number of nitrogens with zero attached hydrogens (tertiary/aromatic N) is 3. The molecule has 0 amide bonds. The van der Waals surface area contributed by atoms with Gasteiger partial charge in [-0.05, 0) is 12.0 Å². The number of hydrogen-bond donors (Lipinski definition) is 0. The van der Waals surface area contributed by atoms with E-state index in [2.05, 4.69) is 9.84 Å². The molecule has 2 bridgehead atoms. The lowest BCUT2D eigenvalue weighted by Crippen LogP contribution is -2.87. The van der Waals surface area contributed by atoms with Crippen molar-refractivity contribution in [1.82, 2.24) is 14.3 Å². The zero-order valence-electron chi connectivity index (χ0n) is 14.1. The van der Waals surface area contributed by atoms with Gasteiger partial charge in [-0.3, -0.25) is 9.36 Å². The van der Waals surface area contributed by atoms with E-state index in [1.165, 1.54) is 4.57 Å². The number of hydrogen-bond acceptors (Lipinski definition) is 4. The van der Waals surface area contributed by atoms with Crippen molar-refractivity contribution in [3.05, 3.63) is 52.2 Å². The minimum Gasteiger partial charge on any atom is -0.468 e. The molecule has 0 saturated heterocycles. The van der Waals surface area contributed by atoms with Crippen LogP contribution in [0.3, 0.4) is 0 Å². The Bertz CT molecular complexity index is 973. The first-order valence-corrected chi connectivity index (χ1v) is 8.60. The highest BCUT2D eigenvalue weighted by Crippen LogP contribution is 2.79. The zero-order chi connectivity index (χ0) is 18.3. The second-order valence-electron chi connectivity index (χ2n) is 7.48. The van der Waals surface area contributed by atoms with Gasteiger partial charge in [-0.2, -0.15) is 5.10 Å². The summed E-state index contributed by atoms with van der Waals surface area (Å²) < 4.78 is 36.5. The number of fused-ring (bicyclic) bond motifs is 1. The Balaban J connectivity index is 1.55. The molecule has 3 saturated carbocycles. The van der Waals surface area contributed by atoms with Gasteiger partial charge in [0.1, 0.15) is 16.8 Å². The smallest absolute Gasteiger partial charge is 0.347 e. The Labute approximate surface area is 147 Å². The lowest BCUT2D eigenvalue weighted by atomic mass is 9.36. The number of methoxy groups -OCH3 is 1. The summed E-state index contributed by atoms with van der Waals surface area (Å²) in [5.41, 5.74) is -3.06. The Kier molecular flexibility index (Phi) is 2.78. The molecule has 0 N–H and O–H groups in total. The Morgan fingerprint density at radius 2 is 1.96 bits per heavy atom. The molecule has 1 atom stereocenters. The molecule has 0 radical (unpaired) electrons. The summed E-state index contributed by atoms with van der Waals surface area (Å²) in [5, 5.41) is 4.24. The van der Waals surface area contributed by atoms with Crippen LogP contribution in [0.4, 0.5) is 8.78 Å². The van der Waals surface area contributed by atoms with Crippen molar-refractivity contribution in [1.29, 1.82) is 0 Å². The predicted molar refractivity (Wildman–Crippen MR) is 86.0 cm³/mol. The fraction of sp³-hybridized carbons (Fsp3) is 0.500. The van der Waals surface area contributed by atoms with E-state index in [0.717, 1.165) is 23.8 Å². The van der Waals surface area contributed by atoms with Crippen LogP contribution >= 0.6 is 0 Å². The largest absolute Gasteiger partial charge is 0.468 e. The van der Waals surface area contributed by atoms with Crippen LogP contribution in [-0.4, -0.2) is 33.3 Å². The molecule has 26 heavy (non-hydrogen) atoms. The van der Waals surface area contributed by atoms with Gasteiger partial charge in [0.05, 0.1) is 13.2 Å². The maximum atomic E-state index is 14.8. The Morgan fingerprint density at radius 1 is 1.27 bits per heavy atom. The van der Waals surface area contributed by atoms with Crippen molar-refractivity contribution < 1.29 is 18.3 Å². The van der Waals surface area contributed by atoms with Crippen LogP contribution in [0.1, 0.15) is 36.7 Å². The lowest BCUT2D eigenvalue weighted by molar-refractivity contribution is -0.388. The van der Waals surface area contributed by atoms with Gasteiger partial charge >= 0.3 is 11.7 Å². The molecule has 136 valence electrons. The molecule has 2 heterocycles. The van der Waals surface area contributed by atoms with Crippen molar-refractivity contribution in [2.45, 2.75) is 43.2 Å². The van der Waals surface area contributed by atoms with E-state index < -0.39 is 28.5 Å². The number of carbonyl (C=O) groups is 1. The molecule has 8 heteroatoms. The molecule has 3 aliphatic carbocycles. The molecule has 1 aliphatic heterocycles. The molecule has 0 spiro atoms. The van der Waals surface area contributed by atoms with Crippen LogP contribution in [0.2, 0.25) is 0 Å². The van der Waals surface area contributed by atoms with E-state index >= 15 is 0 Å². The monoisotopic (exact) mass is 361 g/mol. The average Bonchev–Trinajstić information content (AvgIpc) is 3.15. The van der Waals surface area contributed by atoms with Gasteiger partial charge in [-0.1, -0.05) is 30.3 Å². The summed E-state index contributed by atoms with van der Waals surface area (Å²) in [5.74, 6) is -3.71. The molecule has 6 rings (SSSR count). The Morgan fingerprint density at radius 3 is 2.58 bits per heavy atom. The van der Waals surface area contributed by atoms with Crippen LogP contribution < -0.4 is 5.69 Å². The summed E-state index contributed by atoms with van der Waals surface area (Å²) in [7, 11) is 1.10. The molecule has 0 unspecified atom stereocenters. The zero-order valence-corrected chi connectivity index (χ0v) is 14.1. The van der Waals surface area contributed by atoms with Crippen LogP contribution in [0.5, 0.6) is 0 Å². The van der Waals surface area contributed by atoms with E-state index in [0.29, 0.717) is 12.2 Å². The van der Waals surface area contributed by atoms with E-state index in [1.807, 2.05) is 30.3 Å². The predicted octanol–water partition coefficient (Wildman–Crippen LogP) is 1.88. The van der Waals surface area contributed by atoms with E-state index in [4.69, 9.17) is 0 Å². The van der Waals surface area contributed by atoms with Crippen molar-refractivity contribution in [2.24, 2.45) is 5.41 Å². The second kappa shape index (κ2) is 4.61. The average molecular weight is 361 g/mol. The first-order chi connectivity index (χ1) is 12.4. The molecular weight excluding hydrogens is 344 g/mol. The Hall–Kier alpha value is -2.51. The second-order valence-corrected chi connectivity index (χ2v) is 7.48. The van der Waals surface area contributed by atoms with Crippen molar-refractivity contribution in [2.75, 3.05) is 7.11 Å². The topological polar surface area (TPSA) is 66.1 Å². The number of carbonyl (C=O) groups excluding carboxylic acids is 1. The minimum absolute atomic E-state index is 0.105. The quantitative estimate of drug-likeness (QED) is 0.783. The summed E-state index contributed by atoms with van der Waals surface area (Å²) >= 11 is 0. The van der Waals surface area contributed by atoms with Gasteiger partial charge in [0.2, 0.25) is 0 Å². The van der Waals surface area contributed by atoms with Gasteiger partial charge in [-0.15, -0.1) is 0 Å². The fourth-order valence-electron chi connectivity index (χ4n) is 4.94. The normalized spacial score (nSPS) is 33.1. The molecule has 2 aromatic rings. The lowest BCUT2D eigenvalue weighted by Gasteiger charge is -2.71. The van der Waals surface area contributed by atoms with Gasteiger partial charge in [0.25, 0.3) is 5.92 Å². The summed E-state index contributed by atoms with van der Waals surface area (Å²) in [6.45, 7) is 0. The molecule has 6 nitrogen and oxygen atoms in total. The first kappa shape index (κ1) is 15.7. The third kappa shape index (κ3) is 1.46. The maximum Gasteiger partial charge on any atom is 0.347 e. The summed E-state index contributed by atoms with van der Waals surface area (Å²) in [4.78, 5) is 24.7. The third-order valence-electron chi connectivity index (χ3n) is 6.37. The van der Waals surface area contributed by atoms with E-state index in [1.54, 1.807) is 0 Å². The summed E-state index contributed by atoms with van der Waals surface area (Å²) in [6, 6.07) is 9.32. The highest BCUT2D eigenvalue weighted by Gasteiger charge is 2.94. The van der Waals surface area contributed by atoms with Gasteiger partial charge in [0.15, 0.2) is 0 Å². The number of rotatable bonds is 3. The van der Waals surface area contributed by atoms with Gasteiger partial charge < -0.3 is 4.74 Å². The van der Waals surface area contributed by atoms with Crippen molar-refractivity contribution >= 4 is 5.97 Å². The fourth-order valence-corrected chi connectivity index (χ4v) is 4.94. The van der Waals surface area contributed by atoms with Crippen LogP contribution in [0, 0.1) is 5.41 Å². The number of ether oxygens (including phenoxy) is 1. The van der Waals surface area contributed by atoms with Crippen molar-refractivity contribution in [3.63, 3.8) is 0 Å². The number of alkyl halides is 2. The van der Waals surface area contributed by atoms with Gasteiger partial charge in [0, 0.05) is 19.3 Å². The number of halogens is 2. The van der Waals surface area contributed by atoms with Crippen LogP contribution in [0.25, 0.3) is 0 Å². The molecule has 1 aromatic heterocycles. The molecule has 1 aromatic carbocycles. The molecule has 3 fully saturated rings. The SMILES string of the molecule is COC(=O)C12CC(n3nc4n(c3=O)[C@H](c3ccccc3)CC4)(C1)C2(F)F. The minimum atomic E-state index is -3.32. The van der Waals surface area contributed by atoms with Gasteiger partial charge in [-0.25, -0.2) is 18.3 Å². The van der Waals surface area contributed by atoms with Crippen molar-refractivity contribution in [3.8, 4) is 0 Å². The standard InChI is InChI=1S/C18H17F2N3O3/c1-26-14(24)16-9-17(10-16,18(16,19)20)23-15(25)22-12(7-8-13(22)21-23)11-5-3-2-4-6-11/h2-6,12H,7-10H2,1H3/t12-,16?,17?/m0/s1.